The Morgan fingerprint density at radius 1 is 1.29 bits per heavy atom. The molecule has 2 aliphatic heterocycles. The van der Waals surface area contributed by atoms with Crippen LogP contribution in [-0.2, 0) is 0 Å². The third kappa shape index (κ3) is 2.02. The predicted molar refractivity (Wildman–Crippen MR) is 72.7 cm³/mol. The molecule has 1 aromatic heterocycles. The zero-order chi connectivity index (χ0) is 11.8. The molecule has 2 saturated heterocycles. The van der Waals surface area contributed by atoms with Crippen molar-refractivity contribution in [2.45, 2.75) is 32.2 Å². The summed E-state index contributed by atoms with van der Waals surface area (Å²) in [5.41, 5.74) is 7.01. The second kappa shape index (κ2) is 4.46. The summed E-state index contributed by atoms with van der Waals surface area (Å²) in [6, 6.07) is 0.750. The second-order valence-corrected chi connectivity index (χ2v) is 5.88. The highest BCUT2D eigenvalue weighted by molar-refractivity contribution is 7.10. The minimum Gasteiger partial charge on any atom is -0.383 e. The van der Waals surface area contributed by atoms with E-state index in [1.165, 1.54) is 42.9 Å². The first-order chi connectivity index (χ1) is 8.25. The fourth-order valence-electron chi connectivity index (χ4n) is 2.97. The number of aromatic nitrogens is 1. The Balaban J connectivity index is 1.75. The monoisotopic (exact) mass is 252 g/mol. The van der Waals surface area contributed by atoms with Crippen LogP contribution < -0.4 is 10.6 Å². The summed E-state index contributed by atoms with van der Waals surface area (Å²) in [6.07, 6.45) is 4.12. The van der Waals surface area contributed by atoms with Crippen molar-refractivity contribution >= 4 is 22.4 Å². The van der Waals surface area contributed by atoms with Crippen molar-refractivity contribution in [1.29, 1.82) is 0 Å². The van der Waals surface area contributed by atoms with Gasteiger partial charge in [0.05, 0.1) is 0 Å². The molecule has 0 saturated carbocycles. The first kappa shape index (κ1) is 11.3. The van der Waals surface area contributed by atoms with Crippen molar-refractivity contribution in [2.75, 3.05) is 36.8 Å². The average molecular weight is 252 g/mol. The number of hydrogen-bond acceptors (Lipinski definition) is 5. The molecule has 2 aliphatic rings. The molecule has 2 N–H and O–H groups in total. The largest absolute Gasteiger partial charge is 0.383 e. The topological polar surface area (TPSA) is 45.4 Å². The van der Waals surface area contributed by atoms with Crippen molar-refractivity contribution < 1.29 is 0 Å². The highest BCUT2D eigenvalue weighted by Gasteiger charge is 2.30. The molecule has 0 aliphatic carbocycles. The van der Waals surface area contributed by atoms with Crippen molar-refractivity contribution in [1.82, 2.24) is 9.27 Å². The quantitative estimate of drug-likeness (QED) is 0.826. The molecule has 1 aromatic rings. The lowest BCUT2D eigenvalue weighted by Gasteiger charge is -2.44. The Kier molecular flexibility index (Phi) is 2.96. The minimum atomic E-state index is 0.705. The molecule has 1 atom stereocenters. The third-order valence-corrected chi connectivity index (χ3v) is 5.09. The molecule has 0 spiro atoms. The molecule has 0 bridgehead atoms. The number of nitrogen functional groups attached to an aromatic ring is 1. The number of piperazine rings is 1. The van der Waals surface area contributed by atoms with E-state index in [0.717, 1.165) is 19.1 Å². The maximum Gasteiger partial charge on any atom is 0.142 e. The molecule has 0 radical (unpaired) electrons. The van der Waals surface area contributed by atoms with Crippen LogP contribution in [0, 0.1) is 6.92 Å². The zero-order valence-corrected chi connectivity index (χ0v) is 11.2. The summed E-state index contributed by atoms with van der Waals surface area (Å²) in [5.74, 6) is 0.705. The molecule has 3 rings (SSSR count). The lowest BCUT2D eigenvalue weighted by Crippen LogP contribution is -2.54. The van der Waals surface area contributed by atoms with Gasteiger partial charge < -0.3 is 10.6 Å². The first-order valence-corrected chi connectivity index (χ1v) is 7.24. The van der Waals surface area contributed by atoms with Gasteiger partial charge in [0.25, 0.3) is 0 Å². The van der Waals surface area contributed by atoms with Gasteiger partial charge in [0.2, 0.25) is 0 Å². The molecule has 94 valence electrons. The van der Waals surface area contributed by atoms with Crippen LogP contribution in [0.5, 0.6) is 0 Å². The molecule has 0 amide bonds. The molecule has 1 unspecified atom stereocenters. The van der Waals surface area contributed by atoms with E-state index >= 15 is 0 Å². The van der Waals surface area contributed by atoms with E-state index < -0.39 is 0 Å². The zero-order valence-electron chi connectivity index (χ0n) is 10.4. The van der Waals surface area contributed by atoms with Crippen LogP contribution in [0.1, 0.15) is 24.8 Å². The van der Waals surface area contributed by atoms with Gasteiger partial charge in [-0.15, -0.1) is 0 Å². The average Bonchev–Trinajstić information content (AvgIpc) is 2.70. The van der Waals surface area contributed by atoms with Crippen LogP contribution in [0.2, 0.25) is 0 Å². The molecule has 4 nitrogen and oxygen atoms in total. The number of nitrogens with zero attached hydrogens (tertiary/aromatic N) is 3. The Morgan fingerprint density at radius 3 is 2.94 bits per heavy atom. The van der Waals surface area contributed by atoms with Crippen LogP contribution >= 0.6 is 11.5 Å². The summed E-state index contributed by atoms with van der Waals surface area (Å²) >= 11 is 1.55. The van der Waals surface area contributed by atoms with Gasteiger partial charge in [-0.25, -0.2) is 0 Å². The smallest absolute Gasteiger partial charge is 0.142 e. The van der Waals surface area contributed by atoms with Crippen molar-refractivity contribution in [3.63, 3.8) is 0 Å². The molecule has 3 heterocycles. The van der Waals surface area contributed by atoms with E-state index in [9.17, 15) is 0 Å². The van der Waals surface area contributed by atoms with Crippen molar-refractivity contribution in [3.8, 4) is 0 Å². The normalized spacial score (nSPS) is 25.9. The maximum absolute atomic E-state index is 5.84. The SMILES string of the molecule is Cc1c(N)nsc1N1CCN2CCCCC2C1. The number of piperidine rings is 1. The number of nitrogens with two attached hydrogens (primary N) is 1. The number of hydrogen-bond donors (Lipinski definition) is 1. The molecule has 17 heavy (non-hydrogen) atoms. The maximum atomic E-state index is 5.84. The van der Waals surface area contributed by atoms with Crippen LogP contribution in [-0.4, -0.2) is 41.5 Å². The highest BCUT2D eigenvalue weighted by Crippen LogP contribution is 2.32. The summed E-state index contributed by atoms with van der Waals surface area (Å²) in [5, 5.41) is 1.28. The lowest BCUT2D eigenvalue weighted by atomic mass is 9.99. The van der Waals surface area contributed by atoms with Gasteiger partial charge in [0.15, 0.2) is 0 Å². The highest BCUT2D eigenvalue weighted by atomic mass is 32.1. The number of fused-ring (bicyclic) bond motifs is 1. The van der Waals surface area contributed by atoms with Gasteiger partial charge >= 0.3 is 0 Å². The summed E-state index contributed by atoms with van der Waals surface area (Å²) in [6.45, 7) is 6.85. The predicted octanol–water partition coefficient (Wildman–Crippen LogP) is 1.71. The third-order valence-electron chi connectivity index (χ3n) is 4.06. The molecular formula is C12H20N4S. The summed E-state index contributed by atoms with van der Waals surface area (Å²) in [4.78, 5) is 5.13. The Labute approximate surface area is 107 Å². The van der Waals surface area contributed by atoms with Crippen LogP contribution in [0.15, 0.2) is 0 Å². The number of rotatable bonds is 1. The van der Waals surface area contributed by atoms with Crippen molar-refractivity contribution in [2.24, 2.45) is 0 Å². The fraction of sp³-hybridized carbons (Fsp3) is 0.750. The van der Waals surface area contributed by atoms with E-state index in [1.807, 2.05) is 0 Å². The standard InChI is InChI=1S/C12H20N4S/c1-9-11(13)14-17-12(9)16-7-6-15-5-3-2-4-10(15)8-16/h10H,2-8H2,1H3,(H2,13,14). The van der Waals surface area contributed by atoms with Crippen LogP contribution in [0.4, 0.5) is 10.8 Å². The van der Waals surface area contributed by atoms with E-state index in [-0.39, 0.29) is 0 Å². The van der Waals surface area contributed by atoms with Crippen LogP contribution in [0.25, 0.3) is 0 Å². The number of anilines is 2. The second-order valence-electron chi connectivity index (χ2n) is 5.13. The van der Waals surface area contributed by atoms with E-state index in [0.29, 0.717) is 5.82 Å². The Bertz CT molecular complexity index is 403. The summed E-state index contributed by atoms with van der Waals surface area (Å²) in [7, 11) is 0. The van der Waals surface area contributed by atoms with E-state index in [1.54, 1.807) is 11.5 Å². The van der Waals surface area contributed by atoms with Gasteiger partial charge in [-0.1, -0.05) is 6.42 Å². The first-order valence-electron chi connectivity index (χ1n) is 6.46. The Hall–Kier alpha value is -0.810. The van der Waals surface area contributed by atoms with Crippen molar-refractivity contribution in [3.05, 3.63) is 5.56 Å². The molecule has 5 heteroatoms. The molecular weight excluding hydrogens is 232 g/mol. The summed E-state index contributed by atoms with van der Waals surface area (Å²) < 4.78 is 4.26. The van der Waals surface area contributed by atoms with Gasteiger partial charge in [0.1, 0.15) is 10.8 Å². The van der Waals surface area contributed by atoms with Gasteiger partial charge in [-0.05, 0) is 37.8 Å². The lowest BCUT2D eigenvalue weighted by molar-refractivity contribution is 0.133. The van der Waals surface area contributed by atoms with E-state index in [2.05, 4.69) is 21.1 Å². The van der Waals surface area contributed by atoms with Gasteiger partial charge in [-0.2, -0.15) is 4.37 Å². The minimum absolute atomic E-state index is 0.705. The Morgan fingerprint density at radius 2 is 2.18 bits per heavy atom. The fourth-order valence-corrected chi connectivity index (χ4v) is 3.82. The van der Waals surface area contributed by atoms with Gasteiger partial charge in [-0.3, -0.25) is 4.90 Å². The van der Waals surface area contributed by atoms with E-state index in [4.69, 9.17) is 5.73 Å². The molecule has 0 aromatic carbocycles. The van der Waals surface area contributed by atoms with Gasteiger partial charge in [0, 0.05) is 31.2 Å². The van der Waals surface area contributed by atoms with Crippen LogP contribution in [0.3, 0.4) is 0 Å². The molecule has 2 fully saturated rings.